The fourth-order valence-corrected chi connectivity index (χ4v) is 10.3. The molecule has 0 bridgehead atoms. The number of furan rings is 1. The Balaban J connectivity index is 1.04. The van der Waals surface area contributed by atoms with Crippen molar-refractivity contribution in [2.24, 2.45) is 0 Å². The first kappa shape index (κ1) is 37.2. The second-order valence-electron chi connectivity index (χ2n) is 17.6. The number of aromatic nitrogens is 4. The average molecular weight is 833 g/mol. The van der Waals surface area contributed by atoms with Crippen molar-refractivity contribution in [3.63, 3.8) is 0 Å². The van der Waals surface area contributed by atoms with E-state index in [2.05, 4.69) is 188 Å². The highest BCUT2D eigenvalue weighted by atomic mass is 16.3. The Labute approximate surface area is 376 Å². The zero-order chi connectivity index (χ0) is 43.2. The third kappa shape index (κ3) is 5.89. The first-order chi connectivity index (χ1) is 32.0. The lowest BCUT2D eigenvalue weighted by atomic mass is 9.82. The van der Waals surface area contributed by atoms with E-state index in [9.17, 15) is 0 Å². The van der Waals surface area contributed by atoms with Crippen molar-refractivity contribution in [1.82, 2.24) is 19.5 Å². The standard InChI is InChI=1S/C60H40N4O/c1-60(2)51-25-11-9-21-45(51)49-34-41(28-31-52(49)60)39-19-13-20-42(33-39)44-23-14-24-48-50-35-40(37-15-5-3-6-16-37)29-32-53(50)64(56(44)48)59-62-57(38-17-7-4-8-18-38)61-58(63-59)43-27-30-47-46-22-10-12-26-54(46)65-55(47)36-43/h3-36H,1-2H3. The van der Waals surface area contributed by atoms with Crippen LogP contribution in [0.3, 0.4) is 0 Å². The molecule has 0 unspecified atom stereocenters. The Kier molecular flexibility index (Phi) is 8.18. The van der Waals surface area contributed by atoms with Gasteiger partial charge in [-0.25, -0.2) is 4.98 Å². The third-order valence-electron chi connectivity index (χ3n) is 13.5. The summed E-state index contributed by atoms with van der Waals surface area (Å²) < 4.78 is 8.61. The maximum absolute atomic E-state index is 6.37. The summed E-state index contributed by atoms with van der Waals surface area (Å²) >= 11 is 0. The van der Waals surface area contributed by atoms with Crippen LogP contribution in [0.2, 0.25) is 0 Å². The van der Waals surface area contributed by atoms with Gasteiger partial charge in [0.25, 0.3) is 0 Å². The van der Waals surface area contributed by atoms with Crippen LogP contribution < -0.4 is 0 Å². The van der Waals surface area contributed by atoms with Crippen LogP contribution in [0.25, 0.3) is 117 Å². The van der Waals surface area contributed by atoms with Crippen molar-refractivity contribution in [3.05, 3.63) is 217 Å². The van der Waals surface area contributed by atoms with Crippen molar-refractivity contribution in [2.45, 2.75) is 19.3 Å². The number of para-hydroxylation sites is 2. The fourth-order valence-electron chi connectivity index (χ4n) is 10.3. The SMILES string of the molecule is CC1(C)c2ccccc2-c2cc(-c3cccc(-c4cccc5c6cc(-c7ccccc7)ccc6n(-c6nc(-c7ccccc7)nc(-c7ccc8c(c7)oc7ccccc78)n6)c45)c3)ccc21. The van der Waals surface area contributed by atoms with Gasteiger partial charge in [-0.05, 0) is 92.5 Å². The molecule has 0 N–H and O–H groups in total. The van der Waals surface area contributed by atoms with Crippen LogP contribution in [0, 0.1) is 0 Å². The van der Waals surface area contributed by atoms with E-state index < -0.39 is 0 Å². The fraction of sp³-hybridized carbons (Fsp3) is 0.0500. The van der Waals surface area contributed by atoms with Gasteiger partial charge >= 0.3 is 0 Å². The van der Waals surface area contributed by atoms with Crippen LogP contribution in [0.15, 0.2) is 211 Å². The van der Waals surface area contributed by atoms with Crippen LogP contribution in [-0.4, -0.2) is 19.5 Å². The number of rotatable bonds is 6. The molecule has 1 aliphatic rings. The molecule has 65 heavy (non-hydrogen) atoms. The van der Waals surface area contributed by atoms with Gasteiger partial charge in [0.2, 0.25) is 5.95 Å². The normalized spacial score (nSPS) is 12.9. The molecular formula is C60H40N4O. The summed E-state index contributed by atoms with van der Waals surface area (Å²) in [7, 11) is 0. The van der Waals surface area contributed by atoms with E-state index in [1.165, 1.54) is 27.8 Å². The van der Waals surface area contributed by atoms with Crippen molar-refractivity contribution in [1.29, 1.82) is 0 Å². The second-order valence-corrected chi connectivity index (χ2v) is 17.6. The lowest BCUT2D eigenvalue weighted by Crippen LogP contribution is -2.14. The van der Waals surface area contributed by atoms with E-state index in [0.29, 0.717) is 17.6 Å². The lowest BCUT2D eigenvalue weighted by molar-refractivity contribution is 0.660. The van der Waals surface area contributed by atoms with Crippen LogP contribution in [0.1, 0.15) is 25.0 Å². The summed E-state index contributed by atoms with van der Waals surface area (Å²) in [5.74, 6) is 1.69. The number of benzene rings is 9. The quantitative estimate of drug-likeness (QED) is 0.167. The molecule has 0 saturated carbocycles. The molecule has 0 saturated heterocycles. The topological polar surface area (TPSA) is 56.7 Å². The minimum Gasteiger partial charge on any atom is -0.456 e. The van der Waals surface area contributed by atoms with E-state index in [1.54, 1.807) is 0 Å². The highest BCUT2D eigenvalue weighted by molar-refractivity contribution is 6.14. The van der Waals surface area contributed by atoms with Gasteiger partial charge in [0.15, 0.2) is 11.6 Å². The Morgan fingerprint density at radius 1 is 0.369 bits per heavy atom. The molecule has 5 heteroatoms. The average Bonchev–Trinajstić information content (AvgIpc) is 3.99. The monoisotopic (exact) mass is 832 g/mol. The van der Waals surface area contributed by atoms with Gasteiger partial charge in [-0.2, -0.15) is 9.97 Å². The lowest BCUT2D eigenvalue weighted by Gasteiger charge is -2.21. The number of nitrogens with zero attached hydrogens (tertiary/aromatic N) is 4. The van der Waals surface area contributed by atoms with Crippen LogP contribution >= 0.6 is 0 Å². The molecule has 0 amide bonds. The molecule has 0 radical (unpaired) electrons. The van der Waals surface area contributed by atoms with Crippen molar-refractivity contribution in [3.8, 4) is 73.2 Å². The third-order valence-corrected chi connectivity index (χ3v) is 13.5. The van der Waals surface area contributed by atoms with Gasteiger partial charge in [0, 0.05) is 43.7 Å². The van der Waals surface area contributed by atoms with Gasteiger partial charge < -0.3 is 4.42 Å². The highest BCUT2D eigenvalue weighted by Crippen LogP contribution is 2.50. The molecule has 0 atom stereocenters. The van der Waals surface area contributed by atoms with Gasteiger partial charge in [-0.3, -0.25) is 4.57 Å². The Bertz CT molecular complexity index is 3860. The minimum atomic E-state index is -0.0504. The van der Waals surface area contributed by atoms with Crippen molar-refractivity contribution < 1.29 is 4.42 Å². The Morgan fingerprint density at radius 2 is 0.969 bits per heavy atom. The molecule has 0 fully saturated rings. The molecule has 9 aromatic carbocycles. The molecule has 0 aliphatic heterocycles. The van der Waals surface area contributed by atoms with E-state index in [0.717, 1.165) is 82.7 Å². The van der Waals surface area contributed by atoms with Gasteiger partial charge in [-0.1, -0.05) is 178 Å². The first-order valence-corrected chi connectivity index (χ1v) is 22.2. The maximum atomic E-state index is 6.37. The summed E-state index contributed by atoms with van der Waals surface area (Å²) in [5.41, 5.74) is 17.6. The molecule has 3 aromatic heterocycles. The molecule has 306 valence electrons. The molecule has 5 nitrogen and oxygen atoms in total. The summed E-state index contributed by atoms with van der Waals surface area (Å²) in [6.07, 6.45) is 0. The predicted molar refractivity (Wildman–Crippen MR) is 266 cm³/mol. The zero-order valence-electron chi connectivity index (χ0n) is 35.8. The Hall–Kier alpha value is -8.41. The minimum absolute atomic E-state index is 0.0504. The van der Waals surface area contributed by atoms with E-state index in [1.807, 2.05) is 36.4 Å². The zero-order valence-corrected chi connectivity index (χ0v) is 35.8. The van der Waals surface area contributed by atoms with E-state index in [4.69, 9.17) is 19.4 Å². The van der Waals surface area contributed by atoms with Gasteiger partial charge in [-0.15, -0.1) is 0 Å². The summed E-state index contributed by atoms with van der Waals surface area (Å²) in [4.78, 5) is 15.9. The van der Waals surface area contributed by atoms with Crippen molar-refractivity contribution in [2.75, 3.05) is 0 Å². The molecule has 1 aliphatic carbocycles. The summed E-state index contributed by atoms with van der Waals surface area (Å²) in [5, 5.41) is 4.37. The maximum Gasteiger partial charge on any atom is 0.238 e. The summed E-state index contributed by atoms with van der Waals surface area (Å²) in [6, 6.07) is 73.3. The predicted octanol–water partition coefficient (Wildman–Crippen LogP) is 15.5. The molecular weight excluding hydrogens is 793 g/mol. The summed E-state index contributed by atoms with van der Waals surface area (Å²) in [6.45, 7) is 4.66. The highest BCUT2D eigenvalue weighted by Gasteiger charge is 2.35. The number of hydrogen-bond donors (Lipinski definition) is 0. The van der Waals surface area contributed by atoms with Gasteiger partial charge in [0.1, 0.15) is 11.2 Å². The van der Waals surface area contributed by atoms with E-state index in [-0.39, 0.29) is 5.41 Å². The van der Waals surface area contributed by atoms with Crippen LogP contribution in [-0.2, 0) is 5.41 Å². The largest absolute Gasteiger partial charge is 0.456 e. The van der Waals surface area contributed by atoms with Crippen LogP contribution in [0.5, 0.6) is 0 Å². The Morgan fingerprint density at radius 3 is 1.83 bits per heavy atom. The van der Waals surface area contributed by atoms with Gasteiger partial charge in [0.05, 0.1) is 11.0 Å². The molecule has 12 aromatic rings. The van der Waals surface area contributed by atoms with E-state index >= 15 is 0 Å². The molecule has 0 spiro atoms. The first-order valence-electron chi connectivity index (χ1n) is 22.2. The molecule has 3 heterocycles. The van der Waals surface area contributed by atoms with Crippen LogP contribution in [0.4, 0.5) is 0 Å². The number of fused-ring (bicyclic) bond motifs is 9. The second kappa shape index (κ2) is 14.3. The molecule has 13 rings (SSSR count). The van der Waals surface area contributed by atoms with Crippen molar-refractivity contribution >= 4 is 43.7 Å². The smallest absolute Gasteiger partial charge is 0.238 e. The number of hydrogen-bond acceptors (Lipinski definition) is 4.